The van der Waals surface area contributed by atoms with E-state index < -0.39 is 48.2 Å². The number of aliphatic hydroxyl groups excluding tert-OH is 1. The van der Waals surface area contributed by atoms with Crippen molar-refractivity contribution >= 4 is 23.9 Å². The van der Waals surface area contributed by atoms with Crippen LogP contribution in [0.1, 0.15) is 42.0 Å². The van der Waals surface area contributed by atoms with Gasteiger partial charge in [0.15, 0.2) is 0 Å². The average Bonchev–Trinajstić information content (AvgIpc) is 3.16. The molecule has 6 N–H and O–H groups in total. The van der Waals surface area contributed by atoms with Crippen LogP contribution in [-0.4, -0.2) is 71.3 Å². The van der Waals surface area contributed by atoms with Gasteiger partial charge in [-0.05, 0) is 41.5 Å². The second kappa shape index (κ2) is 20.9. The summed E-state index contributed by atoms with van der Waals surface area (Å²) in [7, 11) is 0. The van der Waals surface area contributed by atoms with E-state index in [4.69, 9.17) is 10.5 Å². The zero-order valence-electron chi connectivity index (χ0n) is 29.5. The van der Waals surface area contributed by atoms with Crippen LogP contribution in [-0.2, 0) is 40.2 Å². The van der Waals surface area contributed by atoms with Gasteiger partial charge in [-0.2, -0.15) is 0 Å². The minimum Gasteiger partial charge on any atom is -0.445 e. The molecule has 0 fully saturated rings. The first-order valence-electron chi connectivity index (χ1n) is 17.6. The van der Waals surface area contributed by atoms with E-state index in [-0.39, 0.29) is 32.5 Å². The molecule has 0 bridgehead atoms. The van der Waals surface area contributed by atoms with Crippen LogP contribution in [0.2, 0.25) is 0 Å². The van der Waals surface area contributed by atoms with Crippen LogP contribution < -0.4 is 21.7 Å². The predicted molar refractivity (Wildman–Crippen MR) is 200 cm³/mol. The van der Waals surface area contributed by atoms with E-state index in [1.807, 2.05) is 128 Å². The minimum atomic E-state index is -1.21. The van der Waals surface area contributed by atoms with Crippen molar-refractivity contribution in [2.75, 3.05) is 13.1 Å². The molecule has 11 heteroatoms. The van der Waals surface area contributed by atoms with Gasteiger partial charge in [-0.25, -0.2) is 9.59 Å². The lowest BCUT2D eigenvalue weighted by Gasteiger charge is -2.31. The van der Waals surface area contributed by atoms with Crippen molar-refractivity contribution < 1.29 is 29.0 Å². The number of nitrogens with one attached hydrogen (secondary N) is 3. The Morgan fingerprint density at radius 1 is 0.692 bits per heavy atom. The predicted octanol–water partition coefficient (Wildman–Crippen LogP) is 4.52. The molecule has 4 aromatic rings. The SMILES string of the molecule is CCC[C@H](NC(=O)N(CCc1ccccc1)C[C@@H](O)[C@H](Cc1ccccc1)NC(=O)OCc1ccccc1)C(=O)N[C@@H](Cc1ccccc1)C(N)=O. The van der Waals surface area contributed by atoms with Gasteiger partial charge in [0.1, 0.15) is 18.7 Å². The van der Waals surface area contributed by atoms with Crippen molar-refractivity contribution in [1.29, 1.82) is 0 Å². The summed E-state index contributed by atoms with van der Waals surface area (Å²) < 4.78 is 5.46. The standard InChI is InChI=1S/C41H49N5O6/c1-2-15-34(39(49)43-36(38(42)48)27-32-20-11-5-12-21-32)44-40(50)46(25-24-30-16-7-3-8-17-30)28-37(47)35(26-31-18-9-4-10-19-31)45-41(51)52-29-33-22-13-6-14-23-33/h3-14,16-23,34-37,47H,2,15,24-29H2,1H3,(H2,42,48)(H,43,49)(H,44,50)(H,45,51)/t34-,35-,36-,37+/m0/s1. The normalized spacial score (nSPS) is 13.1. The molecule has 52 heavy (non-hydrogen) atoms. The van der Waals surface area contributed by atoms with Crippen molar-refractivity contribution in [2.24, 2.45) is 5.73 Å². The topological polar surface area (TPSA) is 163 Å². The monoisotopic (exact) mass is 707 g/mol. The Morgan fingerprint density at radius 3 is 1.75 bits per heavy atom. The molecule has 0 heterocycles. The minimum absolute atomic E-state index is 0.0509. The summed E-state index contributed by atoms with van der Waals surface area (Å²) in [5.41, 5.74) is 9.14. The Kier molecular flexibility index (Phi) is 15.7. The fourth-order valence-electron chi connectivity index (χ4n) is 5.75. The van der Waals surface area contributed by atoms with E-state index >= 15 is 0 Å². The molecule has 0 radical (unpaired) electrons. The summed E-state index contributed by atoms with van der Waals surface area (Å²) in [6, 6.07) is 34.1. The third-order valence-electron chi connectivity index (χ3n) is 8.62. The van der Waals surface area contributed by atoms with Crippen molar-refractivity contribution in [3.05, 3.63) is 144 Å². The molecule has 274 valence electrons. The third-order valence-corrected chi connectivity index (χ3v) is 8.62. The number of aliphatic hydroxyl groups is 1. The van der Waals surface area contributed by atoms with Gasteiger partial charge in [-0.15, -0.1) is 0 Å². The van der Waals surface area contributed by atoms with Gasteiger partial charge in [0, 0.05) is 13.0 Å². The molecule has 0 saturated heterocycles. The quantitative estimate of drug-likeness (QED) is 0.0963. The molecule has 0 aromatic heterocycles. The van der Waals surface area contributed by atoms with E-state index in [1.54, 1.807) is 0 Å². The number of nitrogens with two attached hydrogens (primary N) is 1. The third kappa shape index (κ3) is 13.2. The Morgan fingerprint density at radius 2 is 1.21 bits per heavy atom. The fraction of sp³-hybridized carbons (Fsp3) is 0.317. The Labute approximate surface area is 305 Å². The molecule has 0 spiro atoms. The lowest BCUT2D eigenvalue weighted by molar-refractivity contribution is -0.128. The van der Waals surface area contributed by atoms with Crippen LogP contribution in [0, 0.1) is 0 Å². The zero-order valence-corrected chi connectivity index (χ0v) is 29.5. The van der Waals surface area contributed by atoms with Crippen LogP contribution in [0.5, 0.6) is 0 Å². The lowest BCUT2D eigenvalue weighted by Crippen LogP contribution is -2.57. The van der Waals surface area contributed by atoms with Crippen LogP contribution in [0.4, 0.5) is 9.59 Å². The number of primary amides is 1. The number of amides is 5. The number of hydrogen-bond acceptors (Lipinski definition) is 6. The molecule has 0 saturated carbocycles. The summed E-state index contributed by atoms with van der Waals surface area (Å²) in [6.45, 7) is 1.99. The maximum Gasteiger partial charge on any atom is 0.407 e. The van der Waals surface area contributed by atoms with Gasteiger partial charge in [0.2, 0.25) is 11.8 Å². The molecule has 4 atom stereocenters. The van der Waals surface area contributed by atoms with Crippen LogP contribution in [0.25, 0.3) is 0 Å². The molecule has 5 amide bonds. The summed E-state index contributed by atoms with van der Waals surface area (Å²) in [4.78, 5) is 54.3. The van der Waals surface area contributed by atoms with E-state index in [0.717, 1.165) is 22.3 Å². The zero-order chi connectivity index (χ0) is 37.1. The number of rotatable bonds is 19. The maximum absolute atomic E-state index is 14.0. The first-order valence-corrected chi connectivity index (χ1v) is 17.6. The summed E-state index contributed by atoms with van der Waals surface area (Å²) in [5, 5.41) is 20.0. The van der Waals surface area contributed by atoms with Crippen LogP contribution in [0.3, 0.4) is 0 Å². The van der Waals surface area contributed by atoms with Crippen LogP contribution >= 0.6 is 0 Å². The Bertz CT molecular complexity index is 1680. The summed E-state index contributed by atoms with van der Waals surface area (Å²) in [6.07, 6.45) is -0.102. The Hall–Kier alpha value is -5.68. The van der Waals surface area contributed by atoms with Gasteiger partial charge in [0.25, 0.3) is 0 Å². The molecular weight excluding hydrogens is 658 g/mol. The number of carbonyl (C=O) groups excluding carboxylic acids is 4. The number of carbonyl (C=O) groups is 4. The molecule has 4 rings (SSSR count). The molecular formula is C41H49N5O6. The van der Waals surface area contributed by atoms with Crippen molar-refractivity contribution in [2.45, 2.75) is 69.9 Å². The van der Waals surface area contributed by atoms with E-state index in [2.05, 4.69) is 16.0 Å². The van der Waals surface area contributed by atoms with E-state index in [1.165, 1.54) is 4.90 Å². The first-order chi connectivity index (χ1) is 25.2. The number of nitrogens with zero attached hydrogens (tertiary/aromatic N) is 1. The second-order valence-corrected chi connectivity index (χ2v) is 12.7. The van der Waals surface area contributed by atoms with E-state index in [0.29, 0.717) is 19.3 Å². The van der Waals surface area contributed by atoms with Gasteiger partial charge in [0.05, 0.1) is 18.7 Å². The largest absolute Gasteiger partial charge is 0.445 e. The lowest BCUT2D eigenvalue weighted by atomic mass is 10.0. The number of alkyl carbamates (subject to hydrolysis) is 1. The number of benzene rings is 4. The molecule has 0 aliphatic carbocycles. The average molecular weight is 708 g/mol. The molecule has 0 aliphatic heterocycles. The van der Waals surface area contributed by atoms with Gasteiger partial charge < -0.3 is 36.4 Å². The number of ether oxygens (including phenoxy) is 1. The molecule has 0 unspecified atom stereocenters. The smallest absolute Gasteiger partial charge is 0.407 e. The fourth-order valence-corrected chi connectivity index (χ4v) is 5.75. The number of urea groups is 1. The van der Waals surface area contributed by atoms with Crippen molar-refractivity contribution in [3.8, 4) is 0 Å². The van der Waals surface area contributed by atoms with Gasteiger partial charge in [-0.3, -0.25) is 9.59 Å². The summed E-state index contributed by atoms with van der Waals surface area (Å²) in [5.74, 6) is -1.23. The van der Waals surface area contributed by atoms with Crippen LogP contribution in [0.15, 0.2) is 121 Å². The van der Waals surface area contributed by atoms with Gasteiger partial charge >= 0.3 is 12.1 Å². The first kappa shape index (κ1) is 39.1. The number of hydrogen-bond donors (Lipinski definition) is 5. The van der Waals surface area contributed by atoms with E-state index in [9.17, 15) is 24.3 Å². The van der Waals surface area contributed by atoms with Gasteiger partial charge in [-0.1, -0.05) is 135 Å². The highest BCUT2D eigenvalue weighted by atomic mass is 16.5. The second-order valence-electron chi connectivity index (χ2n) is 12.7. The molecule has 4 aromatic carbocycles. The molecule has 11 nitrogen and oxygen atoms in total. The molecule has 0 aliphatic rings. The Balaban J connectivity index is 1.50. The van der Waals surface area contributed by atoms with Crippen molar-refractivity contribution in [1.82, 2.24) is 20.9 Å². The summed E-state index contributed by atoms with van der Waals surface area (Å²) >= 11 is 0. The maximum atomic E-state index is 14.0. The highest BCUT2D eigenvalue weighted by Crippen LogP contribution is 2.12. The highest BCUT2D eigenvalue weighted by Gasteiger charge is 2.30. The van der Waals surface area contributed by atoms with Crippen molar-refractivity contribution in [3.63, 3.8) is 0 Å². The highest BCUT2D eigenvalue weighted by molar-refractivity contribution is 5.91.